The molecule has 2 aromatic heterocycles. The lowest BCUT2D eigenvalue weighted by atomic mass is 9.90. The van der Waals surface area contributed by atoms with Gasteiger partial charge in [-0.1, -0.05) is 41.3 Å². The van der Waals surface area contributed by atoms with Crippen LogP contribution in [0.4, 0.5) is 0 Å². The maximum Gasteiger partial charge on any atom is 0.170 e. The van der Waals surface area contributed by atoms with Crippen LogP contribution in [-0.4, -0.2) is 25.6 Å². The number of nitrogens with zero attached hydrogens (tertiary/aromatic N) is 3. The van der Waals surface area contributed by atoms with Gasteiger partial charge in [0.15, 0.2) is 5.11 Å². The quantitative estimate of drug-likeness (QED) is 0.404. The fourth-order valence-electron chi connectivity index (χ4n) is 5.53. The first-order chi connectivity index (χ1) is 15.5. The van der Waals surface area contributed by atoms with Crippen LogP contribution in [0.25, 0.3) is 5.69 Å². The van der Waals surface area contributed by atoms with E-state index in [1.807, 2.05) is 12.3 Å². The zero-order chi connectivity index (χ0) is 22.2. The number of pyridine rings is 1. The summed E-state index contributed by atoms with van der Waals surface area (Å²) in [5, 5.41) is 4.52. The summed E-state index contributed by atoms with van der Waals surface area (Å²) in [5.74, 6) is 0. The van der Waals surface area contributed by atoms with Gasteiger partial charge in [-0.25, -0.2) is 0 Å². The highest BCUT2D eigenvalue weighted by Crippen LogP contribution is 2.44. The lowest BCUT2D eigenvalue weighted by Crippen LogP contribution is -2.40. The van der Waals surface area contributed by atoms with Gasteiger partial charge < -0.3 is 14.8 Å². The maximum atomic E-state index is 5.94. The summed E-state index contributed by atoms with van der Waals surface area (Å²) in [6.07, 6.45) is 8.19. The van der Waals surface area contributed by atoms with Gasteiger partial charge in [0, 0.05) is 33.8 Å². The Morgan fingerprint density at radius 1 is 1.03 bits per heavy atom. The van der Waals surface area contributed by atoms with Crippen LogP contribution in [0.2, 0.25) is 0 Å². The molecule has 0 radical (unpaired) electrons. The monoisotopic (exact) mass is 508 g/mol. The molecule has 0 bridgehead atoms. The average molecular weight is 510 g/mol. The lowest BCUT2D eigenvalue weighted by Gasteiger charge is -2.37. The average Bonchev–Trinajstić information content (AvgIpc) is 3.31. The molecule has 2 fully saturated rings. The Bertz CT molecular complexity index is 1100. The highest BCUT2D eigenvalue weighted by molar-refractivity contribution is 9.10. The van der Waals surface area contributed by atoms with E-state index in [-0.39, 0.29) is 12.1 Å². The molecule has 1 aromatic carbocycles. The molecule has 4 nitrogen and oxygen atoms in total. The molecular weight excluding hydrogens is 480 g/mol. The number of aryl methyl sites for hydroxylation is 1. The van der Waals surface area contributed by atoms with E-state index >= 15 is 0 Å². The van der Waals surface area contributed by atoms with Crippen molar-refractivity contribution in [1.29, 1.82) is 0 Å². The predicted octanol–water partition coefficient (Wildman–Crippen LogP) is 6.56. The van der Waals surface area contributed by atoms with Crippen molar-refractivity contribution in [1.82, 2.24) is 19.8 Å². The van der Waals surface area contributed by atoms with E-state index in [1.54, 1.807) is 0 Å². The first-order valence-corrected chi connectivity index (χ1v) is 12.7. The summed E-state index contributed by atoms with van der Waals surface area (Å²) in [5.41, 5.74) is 6.07. The predicted molar refractivity (Wildman–Crippen MR) is 137 cm³/mol. The van der Waals surface area contributed by atoms with Crippen LogP contribution in [0.5, 0.6) is 0 Å². The summed E-state index contributed by atoms with van der Waals surface area (Å²) < 4.78 is 3.45. The van der Waals surface area contributed by atoms with Crippen molar-refractivity contribution in [3.8, 4) is 5.69 Å². The summed E-state index contributed by atoms with van der Waals surface area (Å²) >= 11 is 9.50. The number of halogens is 1. The van der Waals surface area contributed by atoms with Crippen LogP contribution in [0.1, 0.15) is 66.8 Å². The summed E-state index contributed by atoms with van der Waals surface area (Å²) in [6, 6.07) is 17.7. The van der Waals surface area contributed by atoms with Gasteiger partial charge in [0.25, 0.3) is 0 Å². The summed E-state index contributed by atoms with van der Waals surface area (Å²) in [7, 11) is 0. The molecule has 3 aromatic rings. The van der Waals surface area contributed by atoms with Crippen LogP contribution in [0.3, 0.4) is 0 Å². The fraction of sp³-hybridized carbons (Fsp3) is 0.385. The van der Waals surface area contributed by atoms with Crippen molar-refractivity contribution in [2.45, 2.75) is 64.1 Å². The van der Waals surface area contributed by atoms with Gasteiger partial charge in [0.05, 0.1) is 17.8 Å². The first kappa shape index (κ1) is 21.7. The van der Waals surface area contributed by atoms with Gasteiger partial charge in [-0.15, -0.1) is 0 Å². The second-order valence-electron chi connectivity index (χ2n) is 8.96. The highest BCUT2D eigenvalue weighted by atomic mass is 79.9. The van der Waals surface area contributed by atoms with E-state index in [1.165, 1.54) is 54.7 Å². The lowest BCUT2D eigenvalue weighted by molar-refractivity contribution is 0.197. The molecule has 32 heavy (non-hydrogen) atoms. The van der Waals surface area contributed by atoms with Crippen molar-refractivity contribution in [2.75, 3.05) is 0 Å². The van der Waals surface area contributed by atoms with Gasteiger partial charge >= 0.3 is 0 Å². The molecule has 0 spiro atoms. The van der Waals surface area contributed by atoms with Crippen molar-refractivity contribution in [2.24, 2.45) is 0 Å². The zero-order valence-corrected chi connectivity index (χ0v) is 21.0. The normalized spacial score (nSPS) is 21.7. The molecule has 6 heteroatoms. The van der Waals surface area contributed by atoms with Crippen molar-refractivity contribution in [3.05, 3.63) is 81.8 Å². The van der Waals surface area contributed by atoms with E-state index in [0.717, 1.165) is 15.3 Å². The van der Waals surface area contributed by atoms with Crippen LogP contribution in [-0.2, 0) is 0 Å². The van der Waals surface area contributed by atoms with Crippen LogP contribution in [0, 0.1) is 13.8 Å². The molecule has 1 aliphatic carbocycles. The second kappa shape index (κ2) is 8.99. The van der Waals surface area contributed by atoms with Crippen molar-refractivity contribution >= 4 is 33.3 Å². The minimum atomic E-state index is 0.0458. The van der Waals surface area contributed by atoms with Crippen molar-refractivity contribution in [3.63, 3.8) is 0 Å². The highest BCUT2D eigenvalue weighted by Gasteiger charge is 2.44. The van der Waals surface area contributed by atoms with Crippen LogP contribution in [0.15, 0.2) is 59.2 Å². The summed E-state index contributed by atoms with van der Waals surface area (Å²) in [4.78, 5) is 7.22. The van der Waals surface area contributed by atoms with E-state index in [2.05, 4.69) is 87.0 Å². The number of thiocarbonyl (C=S) groups is 1. The molecule has 0 amide bonds. The Hall–Kier alpha value is -2.18. The van der Waals surface area contributed by atoms with E-state index in [0.29, 0.717) is 6.04 Å². The topological polar surface area (TPSA) is 33.1 Å². The molecule has 1 aliphatic heterocycles. The SMILES string of the molecule is Cc1cc([C@@H]2[C@H](c3ccccn3)NC(=S)N2C2CCCCC2)c(C)n1-c1ccc(Br)cc1. The molecule has 1 saturated carbocycles. The molecule has 166 valence electrons. The number of benzene rings is 1. The molecular formula is C26H29BrN4S. The first-order valence-electron chi connectivity index (χ1n) is 11.5. The Morgan fingerprint density at radius 2 is 1.78 bits per heavy atom. The van der Waals surface area contributed by atoms with E-state index in [9.17, 15) is 0 Å². The maximum absolute atomic E-state index is 5.94. The minimum Gasteiger partial charge on any atom is -0.352 e. The van der Waals surface area contributed by atoms with Gasteiger partial charge in [-0.3, -0.25) is 4.98 Å². The van der Waals surface area contributed by atoms with Crippen LogP contribution >= 0.6 is 28.1 Å². The third-order valence-electron chi connectivity index (χ3n) is 6.98. The fourth-order valence-corrected chi connectivity index (χ4v) is 6.18. The van der Waals surface area contributed by atoms with Crippen molar-refractivity contribution < 1.29 is 0 Å². The van der Waals surface area contributed by atoms with Gasteiger partial charge in [0.1, 0.15) is 0 Å². The number of nitrogens with one attached hydrogen (secondary N) is 1. The third-order valence-corrected chi connectivity index (χ3v) is 7.83. The smallest absolute Gasteiger partial charge is 0.170 e. The third kappa shape index (κ3) is 3.88. The molecule has 1 N–H and O–H groups in total. The minimum absolute atomic E-state index is 0.0458. The van der Waals surface area contributed by atoms with Gasteiger partial charge in [0.2, 0.25) is 0 Å². The standard InChI is InChI=1S/C26H29BrN4S/c1-17-16-22(18(2)30(17)21-13-11-19(27)12-14-21)25-24(23-10-6-7-15-28-23)29-26(32)31(25)20-8-4-3-5-9-20/h6-7,10-16,20,24-25H,3-5,8-9H2,1-2H3,(H,29,32)/t24-,25+/m0/s1. The zero-order valence-electron chi connectivity index (χ0n) is 18.6. The Morgan fingerprint density at radius 3 is 2.47 bits per heavy atom. The molecule has 2 aliphatic rings. The summed E-state index contributed by atoms with van der Waals surface area (Å²) in [6.45, 7) is 4.43. The molecule has 5 rings (SSSR count). The van der Waals surface area contributed by atoms with Gasteiger partial charge in [-0.05, 0) is 86.9 Å². The van der Waals surface area contributed by atoms with Crippen LogP contribution < -0.4 is 5.32 Å². The molecule has 1 saturated heterocycles. The Balaban J connectivity index is 1.62. The van der Waals surface area contributed by atoms with E-state index < -0.39 is 0 Å². The number of hydrogen-bond acceptors (Lipinski definition) is 2. The number of hydrogen-bond donors (Lipinski definition) is 1. The van der Waals surface area contributed by atoms with Gasteiger partial charge in [-0.2, -0.15) is 0 Å². The number of aromatic nitrogens is 2. The number of rotatable bonds is 4. The molecule has 3 heterocycles. The molecule has 2 atom stereocenters. The van der Waals surface area contributed by atoms with E-state index in [4.69, 9.17) is 17.2 Å². The second-order valence-corrected chi connectivity index (χ2v) is 10.3. The Labute approximate surface area is 204 Å². The molecule has 0 unspecified atom stereocenters. The largest absolute Gasteiger partial charge is 0.352 e. The Kier molecular flexibility index (Phi) is 6.08.